The maximum atomic E-state index is 12.5. The monoisotopic (exact) mass is 1090 g/mol. The van der Waals surface area contributed by atoms with E-state index in [2.05, 4.69) is 19.2 Å². The van der Waals surface area contributed by atoms with E-state index < -0.39 is 12.1 Å². The minimum absolute atomic E-state index is 0.0233. The number of hydrogen-bond donors (Lipinski definition) is 3. The molecular formula is C71H139NO5. The Morgan fingerprint density at radius 3 is 0.883 bits per heavy atom. The van der Waals surface area contributed by atoms with Crippen LogP contribution in [0.4, 0.5) is 0 Å². The number of allylic oxidation sites excluding steroid dienone is 1. The van der Waals surface area contributed by atoms with Crippen LogP contribution in [0.1, 0.15) is 406 Å². The third-order valence-corrected chi connectivity index (χ3v) is 16.8. The molecule has 6 heteroatoms. The molecule has 0 bridgehead atoms. The van der Waals surface area contributed by atoms with E-state index in [1.54, 1.807) is 6.08 Å². The lowest BCUT2D eigenvalue weighted by molar-refractivity contribution is -0.143. The molecule has 2 atom stereocenters. The molecule has 6 nitrogen and oxygen atoms in total. The lowest BCUT2D eigenvalue weighted by Gasteiger charge is -2.20. The first-order valence-corrected chi connectivity index (χ1v) is 35.5. The highest BCUT2D eigenvalue weighted by Gasteiger charge is 2.18. The number of esters is 1. The van der Waals surface area contributed by atoms with Gasteiger partial charge in [-0.05, 0) is 32.1 Å². The Bertz CT molecular complexity index is 1160. The van der Waals surface area contributed by atoms with E-state index in [0.29, 0.717) is 19.4 Å². The maximum absolute atomic E-state index is 12.5. The van der Waals surface area contributed by atoms with E-state index in [-0.39, 0.29) is 18.5 Å². The fraction of sp³-hybridized carbons (Fsp3) is 0.944. The standard InChI is InChI=1S/C71H139NO5/c1-3-5-7-9-11-13-15-17-36-40-43-47-51-55-59-63-69(74)68(67-73)72-70(75)64-60-56-52-48-44-41-37-34-32-30-28-26-24-22-20-18-19-21-23-25-27-29-31-33-35-38-42-46-50-54-58-62-66-77-71(76)65-61-57-53-49-45-39-16-14-12-10-8-6-4-2/h59,63,68-69,73-74H,3-58,60-62,64-67H2,1-2H3,(H,72,75)/b63-59+. The van der Waals surface area contributed by atoms with Crippen LogP contribution in [0.3, 0.4) is 0 Å². The zero-order chi connectivity index (χ0) is 55.7. The summed E-state index contributed by atoms with van der Waals surface area (Å²) in [5.74, 6) is -0.0372. The number of rotatable bonds is 67. The molecule has 0 rings (SSSR count). The molecule has 0 aliphatic rings. The predicted molar refractivity (Wildman–Crippen MR) is 338 cm³/mol. The second kappa shape index (κ2) is 67.1. The van der Waals surface area contributed by atoms with Crippen molar-refractivity contribution in [3.63, 3.8) is 0 Å². The Balaban J connectivity index is 3.32. The van der Waals surface area contributed by atoms with Gasteiger partial charge < -0.3 is 20.3 Å². The third kappa shape index (κ3) is 63.6. The summed E-state index contributed by atoms with van der Waals surface area (Å²) in [5, 5.41) is 23.2. The number of aliphatic hydroxyl groups is 2. The van der Waals surface area contributed by atoms with Crippen molar-refractivity contribution in [3.8, 4) is 0 Å². The van der Waals surface area contributed by atoms with Crippen LogP contribution in [0, 0.1) is 0 Å². The summed E-state index contributed by atoms with van der Waals surface area (Å²) < 4.78 is 5.49. The summed E-state index contributed by atoms with van der Waals surface area (Å²) in [7, 11) is 0. The van der Waals surface area contributed by atoms with Gasteiger partial charge in [0, 0.05) is 12.8 Å². The Morgan fingerprint density at radius 1 is 0.351 bits per heavy atom. The molecule has 1 amide bonds. The molecule has 0 aliphatic carbocycles. The molecule has 3 N–H and O–H groups in total. The highest BCUT2D eigenvalue weighted by molar-refractivity contribution is 5.76. The largest absolute Gasteiger partial charge is 0.466 e. The van der Waals surface area contributed by atoms with E-state index in [9.17, 15) is 19.8 Å². The van der Waals surface area contributed by atoms with Crippen LogP contribution in [0.5, 0.6) is 0 Å². The quantitative estimate of drug-likeness (QED) is 0.0320. The van der Waals surface area contributed by atoms with Gasteiger partial charge in [0.05, 0.1) is 25.4 Å². The molecule has 0 aliphatic heterocycles. The lowest BCUT2D eigenvalue weighted by Crippen LogP contribution is -2.45. The Kier molecular flexibility index (Phi) is 65.9. The molecule has 0 aromatic carbocycles. The molecule has 0 aromatic rings. The molecule has 0 saturated heterocycles. The molecule has 458 valence electrons. The normalized spacial score (nSPS) is 12.5. The van der Waals surface area contributed by atoms with Crippen molar-refractivity contribution < 1.29 is 24.5 Å². The van der Waals surface area contributed by atoms with Crippen molar-refractivity contribution >= 4 is 11.9 Å². The van der Waals surface area contributed by atoms with Crippen molar-refractivity contribution in [2.75, 3.05) is 13.2 Å². The molecular weight excluding hydrogens is 947 g/mol. The predicted octanol–water partition coefficient (Wildman–Crippen LogP) is 22.8. The average Bonchev–Trinajstić information content (AvgIpc) is 3.43. The zero-order valence-corrected chi connectivity index (χ0v) is 52.5. The molecule has 2 unspecified atom stereocenters. The Morgan fingerprint density at radius 2 is 0.597 bits per heavy atom. The first kappa shape index (κ1) is 75.6. The first-order chi connectivity index (χ1) is 38.0. The Labute approximate surface area is 482 Å². The van der Waals surface area contributed by atoms with Crippen molar-refractivity contribution in [1.29, 1.82) is 0 Å². The molecule has 0 aromatic heterocycles. The van der Waals surface area contributed by atoms with E-state index in [4.69, 9.17) is 4.74 Å². The van der Waals surface area contributed by atoms with Crippen molar-refractivity contribution in [2.45, 2.75) is 418 Å². The molecule has 77 heavy (non-hydrogen) atoms. The number of unbranched alkanes of at least 4 members (excludes halogenated alkanes) is 56. The zero-order valence-electron chi connectivity index (χ0n) is 52.5. The average molecular weight is 1090 g/mol. The molecule has 0 spiro atoms. The summed E-state index contributed by atoms with van der Waals surface area (Å²) >= 11 is 0. The number of carbonyl (C=O) groups excluding carboxylic acids is 2. The molecule has 0 saturated carbocycles. The van der Waals surface area contributed by atoms with E-state index in [0.717, 1.165) is 38.5 Å². The SMILES string of the molecule is CCCCCCCCCCCCCCC/C=C/C(O)C(CO)NC(=O)CCCCCCCCCCCCCCCCCCCCCCCCCCCCCCCCCCOC(=O)CCCCCCCCCCCCCCC. The van der Waals surface area contributed by atoms with E-state index >= 15 is 0 Å². The smallest absolute Gasteiger partial charge is 0.305 e. The van der Waals surface area contributed by atoms with Gasteiger partial charge in [-0.2, -0.15) is 0 Å². The van der Waals surface area contributed by atoms with Crippen LogP contribution in [-0.4, -0.2) is 47.4 Å². The minimum atomic E-state index is -0.840. The van der Waals surface area contributed by atoms with Gasteiger partial charge >= 0.3 is 5.97 Å². The van der Waals surface area contributed by atoms with Crippen LogP contribution in [-0.2, 0) is 14.3 Å². The van der Waals surface area contributed by atoms with Gasteiger partial charge in [0.1, 0.15) is 0 Å². The summed E-state index contributed by atoms with van der Waals surface area (Å²) in [6.07, 6.45) is 83.0. The van der Waals surface area contributed by atoms with Gasteiger partial charge in [-0.15, -0.1) is 0 Å². The number of hydrogen-bond acceptors (Lipinski definition) is 5. The second-order valence-corrected chi connectivity index (χ2v) is 24.6. The highest BCUT2D eigenvalue weighted by atomic mass is 16.5. The number of carbonyl (C=O) groups is 2. The number of aliphatic hydroxyl groups excluding tert-OH is 2. The van der Waals surface area contributed by atoms with E-state index in [1.165, 1.54) is 340 Å². The van der Waals surface area contributed by atoms with Crippen molar-refractivity contribution in [3.05, 3.63) is 12.2 Å². The maximum Gasteiger partial charge on any atom is 0.305 e. The van der Waals surface area contributed by atoms with Gasteiger partial charge in [0.2, 0.25) is 5.91 Å². The van der Waals surface area contributed by atoms with Gasteiger partial charge in [-0.3, -0.25) is 9.59 Å². The van der Waals surface area contributed by atoms with Gasteiger partial charge in [0.15, 0.2) is 0 Å². The minimum Gasteiger partial charge on any atom is -0.466 e. The first-order valence-electron chi connectivity index (χ1n) is 35.5. The van der Waals surface area contributed by atoms with Crippen LogP contribution in [0.2, 0.25) is 0 Å². The number of ether oxygens (including phenoxy) is 1. The number of nitrogens with one attached hydrogen (secondary N) is 1. The van der Waals surface area contributed by atoms with Gasteiger partial charge in [-0.1, -0.05) is 373 Å². The topological polar surface area (TPSA) is 95.9 Å². The molecule has 0 heterocycles. The molecule has 0 radical (unpaired) electrons. The fourth-order valence-electron chi connectivity index (χ4n) is 11.4. The highest BCUT2D eigenvalue weighted by Crippen LogP contribution is 2.19. The fourth-order valence-corrected chi connectivity index (χ4v) is 11.4. The summed E-state index contributed by atoms with van der Waals surface area (Å²) in [6, 6.07) is -0.623. The second-order valence-electron chi connectivity index (χ2n) is 24.6. The summed E-state index contributed by atoms with van der Waals surface area (Å²) in [6.45, 7) is 4.94. The molecule has 0 fully saturated rings. The summed E-state index contributed by atoms with van der Waals surface area (Å²) in [5.41, 5.74) is 0. The van der Waals surface area contributed by atoms with Crippen LogP contribution < -0.4 is 5.32 Å². The van der Waals surface area contributed by atoms with Crippen LogP contribution in [0.15, 0.2) is 12.2 Å². The van der Waals surface area contributed by atoms with Gasteiger partial charge in [-0.25, -0.2) is 0 Å². The number of amides is 1. The van der Waals surface area contributed by atoms with Crippen LogP contribution >= 0.6 is 0 Å². The van der Waals surface area contributed by atoms with Crippen LogP contribution in [0.25, 0.3) is 0 Å². The van der Waals surface area contributed by atoms with Gasteiger partial charge in [0.25, 0.3) is 0 Å². The lowest BCUT2D eigenvalue weighted by atomic mass is 10.0. The van der Waals surface area contributed by atoms with Crippen molar-refractivity contribution in [2.24, 2.45) is 0 Å². The van der Waals surface area contributed by atoms with E-state index in [1.807, 2.05) is 6.08 Å². The summed E-state index contributed by atoms with van der Waals surface area (Å²) in [4.78, 5) is 24.5. The third-order valence-electron chi connectivity index (χ3n) is 16.8. The Hall–Kier alpha value is -1.40. The van der Waals surface area contributed by atoms with Crippen molar-refractivity contribution in [1.82, 2.24) is 5.32 Å².